The van der Waals surface area contributed by atoms with E-state index in [0.29, 0.717) is 19.8 Å². The van der Waals surface area contributed by atoms with Crippen molar-refractivity contribution in [1.82, 2.24) is 10.2 Å². The fourth-order valence-corrected chi connectivity index (χ4v) is 3.42. The minimum atomic E-state index is 0.701. The number of likely N-dealkylation sites (N-methyl/N-ethyl adjacent to an activating group) is 1. The Morgan fingerprint density at radius 2 is 2.08 bits per heavy atom. The van der Waals surface area contributed by atoms with E-state index in [2.05, 4.69) is 45.8 Å². The van der Waals surface area contributed by atoms with Gasteiger partial charge in [0.05, 0.1) is 13.2 Å². The Bertz CT molecular complexity index is 701. The molecular weight excluding hydrogens is 334 g/mol. The van der Waals surface area contributed by atoms with Crippen LogP contribution in [0.15, 0.2) is 40.7 Å². The number of guanidine groups is 1. The van der Waals surface area contributed by atoms with Gasteiger partial charge in [-0.1, -0.05) is 12.1 Å². The number of aliphatic imine (C=N–C) groups is 1. The van der Waals surface area contributed by atoms with E-state index >= 15 is 0 Å². The van der Waals surface area contributed by atoms with Crippen LogP contribution in [0.25, 0.3) is 0 Å². The van der Waals surface area contributed by atoms with Gasteiger partial charge in [-0.25, -0.2) is 0 Å². The Kier molecular flexibility index (Phi) is 6.17. The molecule has 0 atom stereocenters. The number of rotatable bonds is 5. The maximum atomic E-state index is 5.76. The largest absolute Gasteiger partial charge is 0.490 e. The molecule has 134 valence electrons. The van der Waals surface area contributed by atoms with Crippen molar-refractivity contribution in [2.45, 2.75) is 19.4 Å². The normalized spacial score (nSPS) is 14.1. The number of hydrogen-bond donors (Lipinski definition) is 1. The van der Waals surface area contributed by atoms with Crippen LogP contribution in [-0.4, -0.2) is 44.7 Å². The number of ether oxygens (including phenoxy) is 2. The molecule has 1 N–H and O–H groups in total. The zero-order chi connectivity index (χ0) is 17.5. The summed E-state index contributed by atoms with van der Waals surface area (Å²) in [7, 11) is 3.88. The Hall–Kier alpha value is -2.21. The van der Waals surface area contributed by atoms with Crippen LogP contribution >= 0.6 is 11.3 Å². The first-order valence-corrected chi connectivity index (χ1v) is 9.47. The average Bonchev–Trinajstić information content (AvgIpc) is 3.04. The molecule has 3 rings (SSSR count). The zero-order valence-corrected chi connectivity index (χ0v) is 15.6. The molecule has 0 saturated heterocycles. The van der Waals surface area contributed by atoms with E-state index < -0.39 is 0 Å². The molecule has 2 aromatic rings. The zero-order valence-electron chi connectivity index (χ0n) is 14.8. The van der Waals surface area contributed by atoms with Crippen LogP contribution in [-0.2, 0) is 13.0 Å². The minimum Gasteiger partial charge on any atom is -0.490 e. The smallest absolute Gasteiger partial charge is 0.193 e. The van der Waals surface area contributed by atoms with Gasteiger partial charge < -0.3 is 19.7 Å². The summed E-state index contributed by atoms with van der Waals surface area (Å²) in [6, 6.07) is 10.4. The third kappa shape index (κ3) is 4.89. The molecule has 0 bridgehead atoms. The molecule has 1 aromatic heterocycles. The SMILES string of the molecule is CN=C(NCc1ccc2c(c1)OCCCO2)N(C)CCc1cccs1. The van der Waals surface area contributed by atoms with Gasteiger partial charge in [-0.3, -0.25) is 4.99 Å². The Morgan fingerprint density at radius 3 is 2.84 bits per heavy atom. The van der Waals surface area contributed by atoms with Crippen molar-refractivity contribution >= 4 is 17.3 Å². The summed E-state index contributed by atoms with van der Waals surface area (Å²) in [4.78, 5) is 7.93. The van der Waals surface area contributed by atoms with Crippen molar-refractivity contribution in [3.8, 4) is 11.5 Å². The third-order valence-electron chi connectivity index (χ3n) is 4.11. The maximum absolute atomic E-state index is 5.76. The minimum absolute atomic E-state index is 0.701. The van der Waals surface area contributed by atoms with E-state index in [4.69, 9.17) is 9.47 Å². The Morgan fingerprint density at radius 1 is 1.24 bits per heavy atom. The van der Waals surface area contributed by atoms with E-state index in [1.165, 1.54) is 4.88 Å². The van der Waals surface area contributed by atoms with Gasteiger partial charge in [-0.15, -0.1) is 11.3 Å². The number of nitrogens with one attached hydrogen (secondary N) is 1. The Balaban J connectivity index is 1.54. The first-order chi connectivity index (χ1) is 12.3. The molecular formula is C19H25N3O2S. The highest BCUT2D eigenvalue weighted by atomic mass is 32.1. The van der Waals surface area contributed by atoms with E-state index in [9.17, 15) is 0 Å². The highest BCUT2D eigenvalue weighted by Gasteiger charge is 2.11. The molecule has 2 heterocycles. The van der Waals surface area contributed by atoms with Crippen LogP contribution < -0.4 is 14.8 Å². The lowest BCUT2D eigenvalue weighted by Crippen LogP contribution is -2.39. The van der Waals surface area contributed by atoms with Gasteiger partial charge >= 0.3 is 0 Å². The standard InChI is InChI=1S/C19H25N3O2S/c1-20-19(22(2)9-8-16-5-3-12-25-16)21-14-15-6-7-17-18(13-15)24-11-4-10-23-17/h3,5-7,12-13H,4,8-11,14H2,1-2H3,(H,20,21). The molecule has 5 nitrogen and oxygen atoms in total. The van der Waals surface area contributed by atoms with Crippen molar-refractivity contribution in [3.05, 3.63) is 46.2 Å². The van der Waals surface area contributed by atoms with E-state index in [0.717, 1.165) is 42.4 Å². The third-order valence-corrected chi connectivity index (χ3v) is 5.05. The summed E-state index contributed by atoms with van der Waals surface area (Å²) in [6.45, 7) is 3.05. The number of nitrogens with zero attached hydrogens (tertiary/aromatic N) is 2. The average molecular weight is 359 g/mol. The van der Waals surface area contributed by atoms with Crippen molar-refractivity contribution in [2.75, 3.05) is 33.9 Å². The molecule has 0 amide bonds. The molecule has 0 unspecified atom stereocenters. The highest BCUT2D eigenvalue weighted by Crippen LogP contribution is 2.30. The van der Waals surface area contributed by atoms with Gasteiger partial charge in [0.25, 0.3) is 0 Å². The lowest BCUT2D eigenvalue weighted by Gasteiger charge is -2.22. The summed E-state index contributed by atoms with van der Waals surface area (Å²) in [6.07, 6.45) is 1.95. The van der Waals surface area contributed by atoms with Crippen LogP contribution in [0.4, 0.5) is 0 Å². The van der Waals surface area contributed by atoms with Gasteiger partial charge in [0.2, 0.25) is 0 Å². The van der Waals surface area contributed by atoms with Crippen LogP contribution in [0.1, 0.15) is 16.9 Å². The Labute approximate surface area is 153 Å². The first kappa shape index (κ1) is 17.6. The fraction of sp³-hybridized carbons (Fsp3) is 0.421. The number of thiophene rings is 1. The van der Waals surface area contributed by atoms with Crippen molar-refractivity contribution in [2.24, 2.45) is 4.99 Å². The van der Waals surface area contributed by atoms with Crippen LogP contribution in [0, 0.1) is 0 Å². The quantitative estimate of drug-likeness (QED) is 0.658. The van der Waals surface area contributed by atoms with Crippen molar-refractivity contribution < 1.29 is 9.47 Å². The number of hydrogen-bond acceptors (Lipinski definition) is 4. The molecule has 0 spiro atoms. The molecule has 0 saturated carbocycles. The molecule has 0 radical (unpaired) electrons. The van der Waals surface area contributed by atoms with Gasteiger partial charge in [-0.05, 0) is 35.6 Å². The topological polar surface area (TPSA) is 46.1 Å². The molecule has 1 aromatic carbocycles. The van der Waals surface area contributed by atoms with E-state index in [1.54, 1.807) is 11.3 Å². The highest BCUT2D eigenvalue weighted by molar-refractivity contribution is 7.09. The van der Waals surface area contributed by atoms with E-state index in [-0.39, 0.29) is 0 Å². The second-order valence-corrected chi connectivity index (χ2v) is 7.02. The summed E-state index contributed by atoms with van der Waals surface area (Å²) in [5.41, 5.74) is 1.15. The summed E-state index contributed by atoms with van der Waals surface area (Å²) in [5, 5.41) is 5.54. The first-order valence-electron chi connectivity index (χ1n) is 8.59. The second kappa shape index (κ2) is 8.76. The lowest BCUT2D eigenvalue weighted by molar-refractivity contribution is 0.297. The molecule has 1 aliphatic heterocycles. The van der Waals surface area contributed by atoms with Crippen LogP contribution in [0.5, 0.6) is 11.5 Å². The molecule has 1 aliphatic rings. The molecule has 6 heteroatoms. The monoisotopic (exact) mass is 359 g/mol. The molecule has 25 heavy (non-hydrogen) atoms. The predicted octanol–water partition coefficient (Wildman–Crippen LogP) is 3.16. The van der Waals surface area contributed by atoms with Crippen molar-refractivity contribution in [3.63, 3.8) is 0 Å². The number of benzene rings is 1. The fourth-order valence-electron chi connectivity index (χ4n) is 2.72. The van der Waals surface area contributed by atoms with Gasteiger partial charge in [0.1, 0.15) is 0 Å². The molecule has 0 fully saturated rings. The van der Waals surface area contributed by atoms with Gasteiger partial charge in [-0.2, -0.15) is 0 Å². The van der Waals surface area contributed by atoms with Gasteiger partial charge in [0.15, 0.2) is 17.5 Å². The van der Waals surface area contributed by atoms with Crippen LogP contribution in [0.3, 0.4) is 0 Å². The maximum Gasteiger partial charge on any atom is 0.193 e. The summed E-state index contributed by atoms with van der Waals surface area (Å²) >= 11 is 1.80. The predicted molar refractivity (Wildman–Crippen MR) is 103 cm³/mol. The van der Waals surface area contributed by atoms with Crippen LogP contribution in [0.2, 0.25) is 0 Å². The second-order valence-electron chi connectivity index (χ2n) is 5.98. The van der Waals surface area contributed by atoms with Gasteiger partial charge in [0, 0.05) is 38.5 Å². The summed E-state index contributed by atoms with van der Waals surface area (Å²) in [5.74, 6) is 2.56. The lowest BCUT2D eigenvalue weighted by atomic mass is 10.2. The molecule has 0 aliphatic carbocycles. The summed E-state index contributed by atoms with van der Waals surface area (Å²) < 4.78 is 11.4. The number of fused-ring (bicyclic) bond motifs is 1. The van der Waals surface area contributed by atoms with E-state index in [1.807, 2.05) is 19.2 Å². The van der Waals surface area contributed by atoms with Crippen molar-refractivity contribution in [1.29, 1.82) is 0 Å².